The molecule has 2 aromatic heterocycles. The quantitative estimate of drug-likeness (QED) is 0.235. The summed E-state index contributed by atoms with van der Waals surface area (Å²) >= 11 is 5.95. The van der Waals surface area contributed by atoms with Crippen molar-refractivity contribution >= 4 is 44.7 Å². The lowest BCUT2D eigenvalue weighted by molar-refractivity contribution is 0.0985. The van der Waals surface area contributed by atoms with Crippen LogP contribution in [0.15, 0.2) is 59.6 Å². The van der Waals surface area contributed by atoms with Crippen molar-refractivity contribution in [2.75, 3.05) is 35.3 Å². The monoisotopic (exact) mass is 625 g/mol. The number of halogens is 2. The molecule has 0 unspecified atom stereocenters. The molecule has 14 heteroatoms. The molecule has 3 N–H and O–H groups in total. The molecule has 4 aromatic rings. The van der Waals surface area contributed by atoms with Gasteiger partial charge in [-0.3, -0.25) is 5.10 Å². The first-order valence-corrected chi connectivity index (χ1v) is 15.6. The van der Waals surface area contributed by atoms with Crippen molar-refractivity contribution in [3.63, 3.8) is 0 Å². The zero-order chi connectivity index (χ0) is 30.4. The maximum Gasteiger partial charge on any atom is 0.323 e. The number of ether oxygens (including phenoxy) is 1. The molecule has 1 atom stereocenters. The molecule has 0 bridgehead atoms. The Kier molecular flexibility index (Phi) is 7.57. The maximum absolute atomic E-state index is 13.9. The van der Waals surface area contributed by atoms with E-state index in [1.807, 2.05) is 6.92 Å². The summed E-state index contributed by atoms with van der Waals surface area (Å²) in [5.74, 6) is 0.242. The molecule has 2 aromatic carbocycles. The van der Waals surface area contributed by atoms with Gasteiger partial charge in [0.2, 0.25) is 0 Å². The van der Waals surface area contributed by atoms with E-state index in [2.05, 4.69) is 25.7 Å². The molecule has 43 heavy (non-hydrogen) atoms. The van der Waals surface area contributed by atoms with Crippen LogP contribution in [0.3, 0.4) is 0 Å². The van der Waals surface area contributed by atoms with Crippen molar-refractivity contribution in [3.8, 4) is 11.4 Å². The Labute approximate surface area is 252 Å². The van der Waals surface area contributed by atoms with E-state index in [1.165, 1.54) is 12.3 Å². The summed E-state index contributed by atoms with van der Waals surface area (Å²) in [6, 6.07) is 11.7. The number of hydrogen-bond donors (Lipinski definition) is 3. The smallest absolute Gasteiger partial charge is 0.323 e. The van der Waals surface area contributed by atoms with E-state index in [-0.39, 0.29) is 16.0 Å². The first kappa shape index (κ1) is 29.0. The molecule has 0 spiro atoms. The number of carbonyl (C=O) groups is 1. The molecule has 11 nitrogen and oxygen atoms in total. The Morgan fingerprint density at radius 2 is 1.91 bits per heavy atom. The summed E-state index contributed by atoms with van der Waals surface area (Å²) in [4.78, 5) is 24.1. The van der Waals surface area contributed by atoms with E-state index >= 15 is 0 Å². The zero-order valence-electron chi connectivity index (χ0n) is 23.4. The van der Waals surface area contributed by atoms with Crippen LogP contribution in [0, 0.1) is 12.7 Å². The van der Waals surface area contributed by atoms with Gasteiger partial charge in [0.15, 0.2) is 15.7 Å². The molecule has 2 fully saturated rings. The molecule has 1 aliphatic carbocycles. The van der Waals surface area contributed by atoms with E-state index < -0.39 is 26.4 Å². The lowest BCUT2D eigenvalue weighted by Gasteiger charge is -2.34. The highest BCUT2D eigenvalue weighted by Gasteiger charge is 2.58. The molecule has 1 aliphatic heterocycles. The molecule has 224 valence electrons. The van der Waals surface area contributed by atoms with E-state index in [4.69, 9.17) is 26.3 Å². The molecule has 3 heterocycles. The largest absolute Gasteiger partial charge is 0.377 e. The number of amides is 2. The van der Waals surface area contributed by atoms with Crippen LogP contribution in [0.25, 0.3) is 11.4 Å². The second-order valence-electron chi connectivity index (χ2n) is 10.7. The summed E-state index contributed by atoms with van der Waals surface area (Å²) in [7, 11) is -3.97. The minimum Gasteiger partial charge on any atom is -0.377 e. The second kappa shape index (κ2) is 11.2. The molecular formula is C29H29ClFN7O4S. The van der Waals surface area contributed by atoms with Crippen molar-refractivity contribution in [1.82, 2.24) is 20.2 Å². The van der Waals surface area contributed by atoms with Crippen molar-refractivity contribution in [2.24, 2.45) is 0 Å². The third-order valence-corrected chi connectivity index (χ3v) is 10.6. The second-order valence-corrected chi connectivity index (χ2v) is 13.4. The van der Waals surface area contributed by atoms with Crippen LogP contribution in [-0.4, -0.2) is 60.4 Å². The minimum absolute atomic E-state index is 0.0102. The van der Waals surface area contributed by atoms with Crippen molar-refractivity contribution < 1.29 is 22.3 Å². The predicted octanol–water partition coefficient (Wildman–Crippen LogP) is 5.30. The van der Waals surface area contributed by atoms with Crippen LogP contribution in [0.5, 0.6) is 0 Å². The number of anilines is 3. The summed E-state index contributed by atoms with van der Waals surface area (Å²) in [5.41, 5.74) is 2.83. The molecular weight excluding hydrogens is 597 g/mol. The van der Waals surface area contributed by atoms with Gasteiger partial charge in [0.25, 0.3) is 0 Å². The van der Waals surface area contributed by atoms with Gasteiger partial charge in [-0.1, -0.05) is 11.6 Å². The van der Waals surface area contributed by atoms with E-state index in [0.717, 1.165) is 17.8 Å². The Morgan fingerprint density at radius 3 is 2.56 bits per heavy atom. The number of nitrogens with one attached hydrogen (secondary N) is 3. The topological polar surface area (TPSA) is 142 Å². The number of aromatic amines is 1. The van der Waals surface area contributed by atoms with Gasteiger partial charge >= 0.3 is 6.03 Å². The molecule has 0 radical (unpaired) electrons. The van der Waals surface area contributed by atoms with Crippen LogP contribution >= 0.6 is 11.6 Å². The van der Waals surface area contributed by atoms with Gasteiger partial charge in [0.1, 0.15) is 16.4 Å². The summed E-state index contributed by atoms with van der Waals surface area (Å²) in [6.45, 7) is 5.41. The molecule has 6 rings (SSSR count). The normalized spacial score (nSPS) is 17.9. The highest BCUT2D eigenvalue weighted by molar-refractivity contribution is 7.92. The highest BCUT2D eigenvalue weighted by Crippen LogP contribution is 2.55. The third-order valence-electron chi connectivity index (χ3n) is 7.74. The highest BCUT2D eigenvalue weighted by atomic mass is 35.5. The van der Waals surface area contributed by atoms with Gasteiger partial charge in [-0.25, -0.2) is 27.6 Å². The Hall–Kier alpha value is -4.07. The van der Waals surface area contributed by atoms with Gasteiger partial charge in [-0.2, -0.15) is 5.10 Å². The predicted molar refractivity (Wildman–Crippen MR) is 161 cm³/mol. The van der Waals surface area contributed by atoms with Crippen molar-refractivity contribution in [2.45, 2.75) is 42.4 Å². The van der Waals surface area contributed by atoms with Crippen LogP contribution in [0.2, 0.25) is 5.02 Å². The Bertz CT molecular complexity index is 1790. The number of aryl methyl sites for hydroxylation is 1. The SMILES string of the molecule is Cc1[nH]ncc1NC(=O)Nc1ccc(-c2nc(N3CCOC[C@@H]3C)cc(C3(S(=O)(=O)c4ccc(F)c(Cl)c4)CC3)n2)cc1. The number of H-pyrrole nitrogens is 1. The van der Waals surface area contributed by atoms with Gasteiger partial charge in [-0.05, 0) is 69.2 Å². The summed E-state index contributed by atoms with van der Waals surface area (Å²) in [5, 5.41) is 11.9. The molecule has 1 saturated heterocycles. The van der Waals surface area contributed by atoms with Crippen LogP contribution in [-0.2, 0) is 19.3 Å². The number of sulfone groups is 1. The number of nitrogens with zero attached hydrogens (tertiary/aromatic N) is 4. The van der Waals surface area contributed by atoms with Gasteiger partial charge in [-0.15, -0.1) is 0 Å². The number of morpholine rings is 1. The fourth-order valence-corrected chi connectivity index (χ4v) is 7.36. The number of carbonyl (C=O) groups excluding carboxylic acids is 1. The first-order valence-electron chi connectivity index (χ1n) is 13.7. The minimum atomic E-state index is -3.97. The molecule has 2 aliphatic rings. The maximum atomic E-state index is 13.9. The fraction of sp³-hybridized carbons (Fsp3) is 0.310. The average molecular weight is 626 g/mol. The number of hydrogen-bond acceptors (Lipinski definition) is 8. The van der Waals surface area contributed by atoms with Gasteiger partial charge in [0, 0.05) is 23.9 Å². The van der Waals surface area contributed by atoms with Gasteiger partial charge < -0.3 is 20.3 Å². The number of aromatic nitrogens is 4. The van der Waals surface area contributed by atoms with Crippen LogP contribution < -0.4 is 15.5 Å². The van der Waals surface area contributed by atoms with Crippen LogP contribution in [0.1, 0.15) is 31.2 Å². The molecule has 1 saturated carbocycles. The van der Waals surface area contributed by atoms with E-state index in [9.17, 15) is 17.6 Å². The van der Waals surface area contributed by atoms with E-state index in [0.29, 0.717) is 66.9 Å². The first-order chi connectivity index (χ1) is 20.6. The lowest BCUT2D eigenvalue weighted by Crippen LogP contribution is -2.44. The van der Waals surface area contributed by atoms with Crippen molar-refractivity contribution in [3.05, 3.63) is 77.0 Å². The third kappa shape index (κ3) is 5.55. The lowest BCUT2D eigenvalue weighted by atomic mass is 10.1. The van der Waals surface area contributed by atoms with E-state index in [1.54, 1.807) is 37.3 Å². The average Bonchev–Trinajstić information content (AvgIpc) is 3.73. The Balaban J connectivity index is 1.35. The number of benzene rings is 2. The zero-order valence-corrected chi connectivity index (χ0v) is 25.0. The van der Waals surface area contributed by atoms with Crippen LogP contribution in [0.4, 0.5) is 26.4 Å². The summed E-state index contributed by atoms with van der Waals surface area (Å²) < 4.78 is 46.0. The number of rotatable bonds is 7. The van der Waals surface area contributed by atoms with Gasteiger partial charge in [0.05, 0.1) is 52.4 Å². The molecule has 2 amide bonds. The number of urea groups is 1. The summed E-state index contributed by atoms with van der Waals surface area (Å²) in [6.07, 6.45) is 2.23. The fourth-order valence-electron chi connectivity index (χ4n) is 5.12. The standard InChI is InChI=1S/C29H29ClFN7O4S/c1-17-16-42-12-11-38(17)26-14-25(29(9-10-29)43(40,41)21-7-8-23(31)22(30)13-21)35-27(36-26)19-3-5-20(6-4-19)33-28(39)34-24-15-32-37-18(24)2/h3-8,13-15,17H,9-12,16H2,1-2H3,(H,32,37)(H2,33,34,39)/t17-/m0/s1. The Morgan fingerprint density at radius 1 is 1.14 bits per heavy atom. The van der Waals surface area contributed by atoms with Crippen molar-refractivity contribution in [1.29, 1.82) is 0 Å².